The van der Waals surface area contributed by atoms with E-state index < -0.39 is 0 Å². The first-order chi connectivity index (χ1) is 8.03. The van der Waals surface area contributed by atoms with Gasteiger partial charge in [0.05, 0.1) is 11.5 Å². The molecule has 1 N–H and O–H groups in total. The Hall–Kier alpha value is -1.33. The minimum absolute atomic E-state index is 0.277. The van der Waals surface area contributed by atoms with Crippen LogP contribution in [0.25, 0.3) is 0 Å². The molecular formula is C15H22N2. The van der Waals surface area contributed by atoms with Crippen LogP contribution in [0.1, 0.15) is 32.8 Å². The van der Waals surface area contributed by atoms with Crippen LogP contribution < -0.4 is 5.32 Å². The highest BCUT2D eigenvalue weighted by molar-refractivity contribution is 5.14. The SMILES string of the molecule is CC(CCc1ccccc1)NCC(C)(C)C#N. The third kappa shape index (κ3) is 5.51. The molecule has 0 saturated carbocycles. The monoisotopic (exact) mass is 230 g/mol. The van der Waals surface area contributed by atoms with E-state index in [9.17, 15) is 0 Å². The van der Waals surface area contributed by atoms with Crippen molar-refractivity contribution in [3.8, 4) is 6.07 Å². The van der Waals surface area contributed by atoms with Gasteiger partial charge in [-0.25, -0.2) is 0 Å². The van der Waals surface area contributed by atoms with Gasteiger partial charge in [-0.3, -0.25) is 0 Å². The first-order valence-corrected chi connectivity index (χ1v) is 6.22. The summed E-state index contributed by atoms with van der Waals surface area (Å²) < 4.78 is 0. The summed E-state index contributed by atoms with van der Waals surface area (Å²) in [4.78, 5) is 0. The summed E-state index contributed by atoms with van der Waals surface area (Å²) in [6.45, 7) is 6.85. The first kappa shape index (κ1) is 13.7. The van der Waals surface area contributed by atoms with Crippen molar-refractivity contribution in [1.29, 1.82) is 5.26 Å². The van der Waals surface area contributed by atoms with Crippen molar-refractivity contribution in [3.63, 3.8) is 0 Å². The summed E-state index contributed by atoms with van der Waals surface area (Å²) in [7, 11) is 0. The fourth-order valence-corrected chi connectivity index (χ4v) is 1.60. The normalized spacial score (nSPS) is 13.1. The van der Waals surface area contributed by atoms with Gasteiger partial charge in [0.2, 0.25) is 0 Å². The lowest BCUT2D eigenvalue weighted by molar-refractivity contribution is 0.400. The molecule has 1 unspecified atom stereocenters. The lowest BCUT2D eigenvalue weighted by Crippen LogP contribution is -2.35. The summed E-state index contributed by atoms with van der Waals surface area (Å²) in [5.74, 6) is 0. The number of nitrogens with zero attached hydrogens (tertiary/aromatic N) is 1. The number of rotatable bonds is 6. The molecule has 17 heavy (non-hydrogen) atoms. The molecule has 0 spiro atoms. The van der Waals surface area contributed by atoms with Crippen LogP contribution in [0.4, 0.5) is 0 Å². The Morgan fingerprint density at radius 3 is 2.53 bits per heavy atom. The van der Waals surface area contributed by atoms with Crippen molar-refractivity contribution >= 4 is 0 Å². The zero-order valence-corrected chi connectivity index (χ0v) is 11.0. The predicted octanol–water partition coefficient (Wildman–Crippen LogP) is 3.15. The van der Waals surface area contributed by atoms with E-state index in [1.807, 2.05) is 19.9 Å². The van der Waals surface area contributed by atoms with E-state index in [4.69, 9.17) is 5.26 Å². The van der Waals surface area contributed by atoms with E-state index >= 15 is 0 Å². The van der Waals surface area contributed by atoms with Gasteiger partial charge < -0.3 is 5.32 Å². The maximum atomic E-state index is 8.92. The maximum absolute atomic E-state index is 8.92. The summed E-state index contributed by atoms with van der Waals surface area (Å²) in [6.07, 6.45) is 2.19. The number of nitriles is 1. The molecule has 92 valence electrons. The standard InChI is InChI=1S/C15H22N2/c1-13(17-12-15(2,3)11-16)9-10-14-7-5-4-6-8-14/h4-8,13,17H,9-10,12H2,1-3H3. The number of hydrogen-bond acceptors (Lipinski definition) is 2. The predicted molar refractivity (Wildman–Crippen MR) is 71.6 cm³/mol. The van der Waals surface area contributed by atoms with Gasteiger partial charge in [-0.2, -0.15) is 5.26 Å². The van der Waals surface area contributed by atoms with Crippen molar-refractivity contribution in [3.05, 3.63) is 35.9 Å². The fourth-order valence-electron chi connectivity index (χ4n) is 1.60. The van der Waals surface area contributed by atoms with Crippen molar-refractivity contribution in [2.45, 2.75) is 39.7 Å². The van der Waals surface area contributed by atoms with Crippen LogP contribution >= 0.6 is 0 Å². The molecule has 0 fully saturated rings. The summed E-state index contributed by atoms with van der Waals surface area (Å²) in [5.41, 5.74) is 1.10. The molecule has 0 aliphatic heterocycles. The van der Waals surface area contributed by atoms with E-state index in [0.717, 1.165) is 19.4 Å². The van der Waals surface area contributed by atoms with Crippen LogP contribution in [0.15, 0.2) is 30.3 Å². The zero-order valence-electron chi connectivity index (χ0n) is 11.0. The summed E-state index contributed by atoms with van der Waals surface area (Å²) in [6, 6.07) is 13.3. The van der Waals surface area contributed by atoms with E-state index in [1.165, 1.54) is 5.56 Å². The Morgan fingerprint density at radius 1 is 1.29 bits per heavy atom. The van der Waals surface area contributed by atoms with E-state index in [2.05, 4.69) is 42.6 Å². The van der Waals surface area contributed by atoms with Crippen molar-refractivity contribution in [1.82, 2.24) is 5.32 Å². The van der Waals surface area contributed by atoms with E-state index in [0.29, 0.717) is 6.04 Å². The average Bonchev–Trinajstić information content (AvgIpc) is 2.35. The third-order valence-electron chi connectivity index (χ3n) is 2.90. The van der Waals surface area contributed by atoms with Crippen molar-refractivity contribution in [2.75, 3.05) is 6.54 Å². The topological polar surface area (TPSA) is 35.8 Å². The van der Waals surface area contributed by atoms with Crippen molar-refractivity contribution < 1.29 is 0 Å². The second-order valence-electron chi connectivity index (χ2n) is 5.30. The van der Waals surface area contributed by atoms with Crippen LogP contribution in [0, 0.1) is 16.7 Å². The molecule has 0 aromatic heterocycles. The van der Waals surface area contributed by atoms with Crippen LogP contribution in [0.3, 0.4) is 0 Å². The molecule has 0 heterocycles. The Balaban J connectivity index is 2.27. The van der Waals surface area contributed by atoms with Gasteiger partial charge in [-0.15, -0.1) is 0 Å². The van der Waals surface area contributed by atoms with Gasteiger partial charge in [0.1, 0.15) is 0 Å². The first-order valence-electron chi connectivity index (χ1n) is 6.22. The molecule has 0 aliphatic carbocycles. The van der Waals surface area contributed by atoms with Crippen LogP contribution in [0.5, 0.6) is 0 Å². The second kappa shape index (κ2) is 6.42. The summed E-state index contributed by atoms with van der Waals surface area (Å²) in [5, 5.41) is 12.3. The molecule has 0 amide bonds. The fraction of sp³-hybridized carbons (Fsp3) is 0.533. The quantitative estimate of drug-likeness (QED) is 0.815. The molecule has 1 aromatic carbocycles. The molecule has 1 rings (SSSR count). The Labute approximate surface area is 105 Å². The smallest absolute Gasteiger partial charge is 0.0697 e. The van der Waals surface area contributed by atoms with Crippen molar-refractivity contribution in [2.24, 2.45) is 5.41 Å². The molecule has 2 nitrogen and oxygen atoms in total. The number of nitrogens with one attached hydrogen (secondary N) is 1. The van der Waals surface area contributed by atoms with Gasteiger partial charge in [0.15, 0.2) is 0 Å². The Morgan fingerprint density at radius 2 is 1.94 bits per heavy atom. The number of aryl methyl sites for hydroxylation is 1. The minimum atomic E-state index is -0.277. The van der Waals surface area contributed by atoms with Gasteiger partial charge in [-0.05, 0) is 39.2 Å². The Bertz CT molecular complexity index is 362. The molecule has 1 atom stereocenters. The molecule has 0 radical (unpaired) electrons. The molecule has 0 aliphatic rings. The second-order valence-corrected chi connectivity index (χ2v) is 5.30. The van der Waals surface area contributed by atoms with Gasteiger partial charge >= 0.3 is 0 Å². The largest absolute Gasteiger partial charge is 0.313 e. The van der Waals surface area contributed by atoms with Gasteiger partial charge in [-0.1, -0.05) is 30.3 Å². The minimum Gasteiger partial charge on any atom is -0.313 e. The molecule has 1 aromatic rings. The van der Waals surface area contributed by atoms with E-state index in [1.54, 1.807) is 0 Å². The highest BCUT2D eigenvalue weighted by Gasteiger charge is 2.16. The number of benzene rings is 1. The maximum Gasteiger partial charge on any atom is 0.0697 e. The van der Waals surface area contributed by atoms with Crippen LogP contribution in [0.2, 0.25) is 0 Å². The zero-order chi connectivity index (χ0) is 12.7. The van der Waals surface area contributed by atoms with Gasteiger partial charge in [0.25, 0.3) is 0 Å². The summed E-state index contributed by atoms with van der Waals surface area (Å²) >= 11 is 0. The highest BCUT2D eigenvalue weighted by atomic mass is 14.9. The van der Waals surface area contributed by atoms with Crippen LogP contribution in [-0.2, 0) is 6.42 Å². The Kier molecular flexibility index (Phi) is 5.18. The average molecular weight is 230 g/mol. The third-order valence-corrected chi connectivity index (χ3v) is 2.90. The van der Waals surface area contributed by atoms with Crippen LogP contribution in [-0.4, -0.2) is 12.6 Å². The molecule has 0 saturated heterocycles. The molecule has 0 bridgehead atoms. The number of hydrogen-bond donors (Lipinski definition) is 1. The van der Waals surface area contributed by atoms with Gasteiger partial charge in [0, 0.05) is 12.6 Å². The molecular weight excluding hydrogens is 208 g/mol. The van der Waals surface area contributed by atoms with E-state index in [-0.39, 0.29) is 5.41 Å². The molecule has 2 heteroatoms. The highest BCUT2D eigenvalue weighted by Crippen LogP contribution is 2.12. The lowest BCUT2D eigenvalue weighted by atomic mass is 9.95. The lowest BCUT2D eigenvalue weighted by Gasteiger charge is -2.20.